The molecule has 0 rings (SSSR count). The summed E-state index contributed by atoms with van der Waals surface area (Å²) in [6.45, 7) is 0. The monoisotopic (exact) mass is 648 g/mol. The fourth-order valence-corrected chi connectivity index (χ4v) is 0. The van der Waals surface area contributed by atoms with Crippen molar-refractivity contribution in [2.75, 3.05) is 0 Å². The summed E-state index contributed by atoms with van der Waals surface area (Å²) in [5.41, 5.74) is 0. The third-order valence-corrected chi connectivity index (χ3v) is 0. The van der Waals surface area contributed by atoms with Crippen molar-refractivity contribution < 1.29 is 11.3 Å². The van der Waals surface area contributed by atoms with Crippen molar-refractivity contribution in [3.8, 4) is 0 Å². The SMILES string of the molecule is [I][Ce]([I])([I])[I]. The van der Waals surface area contributed by atoms with Crippen molar-refractivity contribution >= 4 is 55.7 Å². The van der Waals surface area contributed by atoms with E-state index in [4.69, 9.17) is 0 Å². The molecule has 0 spiro atoms. The molecular weight excluding hydrogens is 648 g/mol. The molecule has 0 bridgehead atoms. The van der Waals surface area contributed by atoms with E-state index in [1.807, 2.05) is 0 Å². The average Bonchev–Trinajstić information content (AvgIpc) is 0.722. The summed E-state index contributed by atoms with van der Waals surface area (Å²) in [7, 11) is 0. The normalized spacial score (nSPS) is 12.0. The predicted octanol–water partition coefficient (Wildman–Crippen LogP) is 3.54. The van der Waals surface area contributed by atoms with Gasteiger partial charge in [0.15, 0.2) is 0 Å². The van der Waals surface area contributed by atoms with Crippen LogP contribution in [0.15, 0.2) is 0 Å². The zero-order valence-corrected chi connectivity index (χ0v) is 13.8. The third-order valence-electron chi connectivity index (χ3n) is 0. The Kier molecular flexibility index (Phi) is 7.75. The predicted molar refractivity (Wildman–Crippen MR) is 56.1 cm³/mol. The second kappa shape index (κ2) is 4.17. The molecule has 0 aromatic heterocycles. The van der Waals surface area contributed by atoms with E-state index in [2.05, 4.69) is 55.7 Å². The number of halogens is 4. The molecule has 0 aliphatic rings. The molecule has 0 fully saturated rings. The summed E-state index contributed by atoms with van der Waals surface area (Å²) in [4.78, 5) is 0. The van der Waals surface area contributed by atoms with E-state index in [0.29, 0.717) is 0 Å². The van der Waals surface area contributed by atoms with Crippen LogP contribution in [0.4, 0.5) is 0 Å². The molecule has 0 unspecified atom stereocenters. The Morgan fingerprint density at radius 2 is 0.800 bits per heavy atom. The van der Waals surface area contributed by atoms with Crippen LogP contribution < -0.4 is 0 Å². The van der Waals surface area contributed by atoms with Crippen molar-refractivity contribution in [1.29, 1.82) is 0 Å². The topological polar surface area (TPSA) is 0 Å². The third kappa shape index (κ3) is 17.8. The maximum atomic E-state index is 2.56. The minimum absolute atomic E-state index is 1.40. The van der Waals surface area contributed by atoms with Crippen molar-refractivity contribution in [1.82, 2.24) is 0 Å². The Balaban J connectivity index is 3.02. The Bertz CT molecular complexity index is 19.1. The molecule has 0 aromatic rings. The van der Waals surface area contributed by atoms with Gasteiger partial charge in [0, 0.05) is 0 Å². The first kappa shape index (κ1) is 9.30. The van der Waals surface area contributed by atoms with Crippen molar-refractivity contribution in [2.24, 2.45) is 0 Å². The Morgan fingerprint density at radius 1 is 0.800 bits per heavy atom. The van der Waals surface area contributed by atoms with E-state index in [9.17, 15) is 0 Å². The fourth-order valence-electron chi connectivity index (χ4n) is 0. The van der Waals surface area contributed by atoms with E-state index in [-0.39, 0.29) is 0 Å². The molecule has 0 saturated heterocycles. The van der Waals surface area contributed by atoms with Gasteiger partial charge in [-0.2, -0.15) is 0 Å². The molecule has 32 valence electrons. The molecule has 5 heavy (non-hydrogen) atoms. The average molecular weight is 648 g/mol. The quantitative estimate of drug-likeness (QED) is 0.353. The molecule has 0 saturated carbocycles. The van der Waals surface area contributed by atoms with Gasteiger partial charge in [-0.05, 0) is 0 Å². The maximum absolute atomic E-state index is 2.56. The number of hydrogen-bond donors (Lipinski definition) is 0. The van der Waals surface area contributed by atoms with Crippen LogP contribution in [0.3, 0.4) is 0 Å². The van der Waals surface area contributed by atoms with Gasteiger partial charge in [0.1, 0.15) is 0 Å². The van der Waals surface area contributed by atoms with Gasteiger partial charge in [-0.15, -0.1) is 0 Å². The van der Waals surface area contributed by atoms with E-state index in [1.54, 1.807) is 0 Å². The summed E-state index contributed by atoms with van der Waals surface area (Å²) in [6, 6.07) is 0. The van der Waals surface area contributed by atoms with Gasteiger partial charge >= 0.3 is 66.9 Å². The standard InChI is InChI=1S/Ce.4HI/h;4*1H/q+4;;;;/p-4. The van der Waals surface area contributed by atoms with Crippen LogP contribution >= 0.6 is 55.7 Å². The van der Waals surface area contributed by atoms with Gasteiger partial charge in [0.25, 0.3) is 0 Å². The second-order valence-electron chi connectivity index (χ2n) is 0.429. The zero-order chi connectivity index (χ0) is 4.50. The summed E-state index contributed by atoms with van der Waals surface area (Å²) < 4.78 is 0. The summed E-state index contributed by atoms with van der Waals surface area (Å²) in [5.74, 6) is 0. The molecule has 0 aromatic carbocycles. The van der Waals surface area contributed by atoms with Crippen molar-refractivity contribution in [3.63, 3.8) is 0 Å². The van der Waals surface area contributed by atoms with Crippen LogP contribution in [-0.4, -0.2) is 0 Å². The van der Waals surface area contributed by atoms with E-state index in [0.717, 1.165) is 0 Å². The molecule has 0 aliphatic heterocycles. The van der Waals surface area contributed by atoms with Crippen LogP contribution in [0.25, 0.3) is 0 Å². The molecule has 0 radical (unpaired) electrons. The Morgan fingerprint density at radius 3 is 0.800 bits per heavy atom. The van der Waals surface area contributed by atoms with Crippen molar-refractivity contribution in [2.45, 2.75) is 0 Å². The minimum atomic E-state index is -1.40. The van der Waals surface area contributed by atoms with Crippen molar-refractivity contribution in [3.05, 3.63) is 0 Å². The van der Waals surface area contributed by atoms with Crippen LogP contribution in [0.1, 0.15) is 0 Å². The van der Waals surface area contributed by atoms with Gasteiger partial charge in [-0.3, -0.25) is 0 Å². The molecule has 0 aliphatic carbocycles. The zero-order valence-electron chi connectivity index (χ0n) is 2.01. The molecule has 0 atom stereocenters. The van der Waals surface area contributed by atoms with E-state index >= 15 is 0 Å². The van der Waals surface area contributed by atoms with Crippen LogP contribution in [0.2, 0.25) is 0 Å². The molecule has 0 N–H and O–H groups in total. The van der Waals surface area contributed by atoms with E-state index < -0.39 is 11.3 Å². The van der Waals surface area contributed by atoms with Gasteiger partial charge in [-0.25, -0.2) is 0 Å². The first-order chi connectivity index (χ1) is 2.00. The summed E-state index contributed by atoms with van der Waals surface area (Å²) in [6.07, 6.45) is 0. The fraction of sp³-hybridized carbons (Fsp3) is 0. The van der Waals surface area contributed by atoms with Gasteiger partial charge < -0.3 is 0 Å². The Hall–Kier alpha value is 4.30. The van der Waals surface area contributed by atoms with E-state index in [1.165, 1.54) is 0 Å². The van der Waals surface area contributed by atoms with Gasteiger partial charge in [0.05, 0.1) is 0 Å². The Labute approximate surface area is 63.1 Å². The van der Waals surface area contributed by atoms with Crippen LogP contribution in [0.5, 0.6) is 0 Å². The van der Waals surface area contributed by atoms with Crippen LogP contribution in [-0.2, 0) is 0 Å². The van der Waals surface area contributed by atoms with Gasteiger partial charge in [-0.1, -0.05) is 0 Å². The van der Waals surface area contributed by atoms with Crippen LogP contribution in [0, 0.1) is 11.3 Å². The summed E-state index contributed by atoms with van der Waals surface area (Å²) >= 11 is 8.84. The van der Waals surface area contributed by atoms with Gasteiger partial charge in [0.2, 0.25) is 0 Å². The number of hydrogen-bond acceptors (Lipinski definition) is 0. The molecule has 0 amide bonds. The first-order valence-electron chi connectivity index (χ1n) is 0.756. The molecule has 0 heterocycles. The number of rotatable bonds is 0. The molecule has 5 heteroatoms. The molecular formula is CeI4. The second-order valence-corrected chi connectivity index (χ2v) is 140. The molecule has 0 nitrogen and oxygen atoms in total. The summed E-state index contributed by atoms with van der Waals surface area (Å²) in [5, 5.41) is 0. The first-order valence-corrected chi connectivity index (χ1v) is 36.9.